The molecule has 0 saturated carbocycles. The van der Waals surface area contributed by atoms with E-state index >= 15 is 0 Å². The van der Waals surface area contributed by atoms with Crippen LogP contribution < -0.4 is 4.80 Å². The van der Waals surface area contributed by atoms with Gasteiger partial charge in [0.2, 0.25) is 0 Å². The van der Waals surface area contributed by atoms with Gasteiger partial charge >= 0.3 is 5.82 Å². The first-order valence-electron chi connectivity index (χ1n) is 8.61. The Morgan fingerprint density at radius 3 is 2.26 bits per heavy atom. The predicted octanol–water partition coefficient (Wildman–Crippen LogP) is 3.15. The Bertz CT molecular complexity index is 1210. The van der Waals surface area contributed by atoms with Gasteiger partial charge in [0.25, 0.3) is 5.82 Å². The molecule has 0 atom stereocenters. The summed E-state index contributed by atoms with van der Waals surface area (Å²) in [7, 11) is 0. The van der Waals surface area contributed by atoms with Crippen molar-refractivity contribution in [2.24, 2.45) is 0 Å². The third kappa shape index (κ3) is 2.73. The van der Waals surface area contributed by atoms with Crippen LogP contribution in [0, 0.1) is 0 Å². The van der Waals surface area contributed by atoms with E-state index in [1.807, 2.05) is 84.9 Å². The van der Waals surface area contributed by atoms with Crippen molar-refractivity contribution >= 4 is 10.8 Å². The molecule has 6 nitrogen and oxygen atoms in total. The third-order valence-electron chi connectivity index (χ3n) is 4.32. The molecule has 2 aromatic heterocycles. The quantitative estimate of drug-likeness (QED) is 0.469. The van der Waals surface area contributed by atoms with Gasteiger partial charge in [-0.1, -0.05) is 59.7 Å². The fourth-order valence-corrected chi connectivity index (χ4v) is 3.01. The summed E-state index contributed by atoms with van der Waals surface area (Å²) in [6.07, 6.45) is 1.75. The minimum atomic E-state index is 0.620. The van der Waals surface area contributed by atoms with E-state index in [2.05, 4.69) is 10.2 Å². The van der Waals surface area contributed by atoms with Gasteiger partial charge in [-0.2, -0.15) is 0 Å². The molecule has 6 heteroatoms. The molecule has 0 fully saturated rings. The maximum Gasteiger partial charge on any atom is 0.339 e. The minimum absolute atomic E-state index is 0.620. The van der Waals surface area contributed by atoms with Crippen molar-refractivity contribution in [3.05, 3.63) is 91.1 Å². The maximum absolute atomic E-state index is 4.74. The average Bonchev–Trinajstić information content (AvgIpc) is 3.20. The van der Waals surface area contributed by atoms with E-state index in [0.717, 1.165) is 22.0 Å². The highest BCUT2D eigenvalue weighted by Crippen LogP contribution is 2.17. The number of fused-ring (bicyclic) bond motifs is 1. The highest BCUT2D eigenvalue weighted by atomic mass is 15.7. The molecule has 2 heterocycles. The molecule has 3 aromatic carbocycles. The molecule has 0 saturated heterocycles. The first-order chi connectivity index (χ1) is 13.4. The van der Waals surface area contributed by atoms with Crippen LogP contribution in [0.4, 0.5) is 0 Å². The normalized spacial score (nSPS) is 11.0. The molecule has 0 spiro atoms. The molecule has 5 aromatic rings. The number of hydrogen-bond donors (Lipinski definition) is 0. The minimum Gasteiger partial charge on any atom is -0.0816 e. The molecule has 0 amide bonds. The second-order valence-corrected chi connectivity index (χ2v) is 6.06. The summed E-state index contributed by atoms with van der Waals surface area (Å²) in [5, 5.41) is 20.0. The van der Waals surface area contributed by atoms with Crippen LogP contribution in [0.25, 0.3) is 33.7 Å². The van der Waals surface area contributed by atoms with E-state index in [-0.39, 0.29) is 0 Å². The Balaban J connectivity index is 1.79. The number of aromatic nitrogens is 6. The molecule has 0 aliphatic heterocycles. The van der Waals surface area contributed by atoms with Gasteiger partial charge in [-0.3, -0.25) is 0 Å². The van der Waals surface area contributed by atoms with Gasteiger partial charge < -0.3 is 0 Å². The van der Waals surface area contributed by atoms with Crippen LogP contribution >= 0.6 is 0 Å². The summed E-state index contributed by atoms with van der Waals surface area (Å²) in [6.45, 7) is 0. The Labute approximate surface area is 155 Å². The van der Waals surface area contributed by atoms with Crippen LogP contribution in [0.3, 0.4) is 0 Å². The van der Waals surface area contributed by atoms with E-state index in [1.165, 1.54) is 0 Å². The van der Waals surface area contributed by atoms with Crippen LogP contribution in [0.15, 0.2) is 91.1 Å². The van der Waals surface area contributed by atoms with Crippen molar-refractivity contribution in [2.45, 2.75) is 0 Å². The van der Waals surface area contributed by atoms with Crippen molar-refractivity contribution in [2.75, 3.05) is 0 Å². The van der Waals surface area contributed by atoms with E-state index in [9.17, 15) is 0 Å². The van der Waals surface area contributed by atoms with Gasteiger partial charge in [0.1, 0.15) is 5.69 Å². The number of para-hydroxylation sites is 1. The smallest absolute Gasteiger partial charge is 0.0816 e. The monoisotopic (exact) mass is 351 g/mol. The van der Waals surface area contributed by atoms with Crippen LogP contribution in [0.1, 0.15) is 0 Å². The second kappa shape index (κ2) is 6.42. The molecule has 27 heavy (non-hydrogen) atoms. The van der Waals surface area contributed by atoms with E-state index in [0.29, 0.717) is 11.6 Å². The zero-order valence-electron chi connectivity index (χ0n) is 14.3. The maximum atomic E-state index is 4.74. The van der Waals surface area contributed by atoms with Gasteiger partial charge in [-0.25, -0.2) is 0 Å². The van der Waals surface area contributed by atoms with Gasteiger partial charge in [-0.05, 0) is 45.0 Å². The second-order valence-electron chi connectivity index (χ2n) is 6.06. The molecule has 0 aliphatic carbocycles. The molecule has 0 aliphatic rings. The number of benzene rings is 3. The number of tetrazole rings is 1. The summed E-state index contributed by atoms with van der Waals surface area (Å²) in [6, 6.07) is 27.8. The van der Waals surface area contributed by atoms with Gasteiger partial charge in [0.05, 0.1) is 11.6 Å². The lowest BCUT2D eigenvalue weighted by molar-refractivity contribution is -0.736. The topological polar surface area (TPSA) is 60.4 Å². The summed E-state index contributed by atoms with van der Waals surface area (Å²) in [5.41, 5.74) is 1.83. The van der Waals surface area contributed by atoms with Crippen molar-refractivity contribution in [1.82, 2.24) is 25.2 Å². The molecule has 5 rings (SSSR count). The SMILES string of the molecule is c1ccc(-c2nn(-c3ccccc3)[n+](-c3nncc4ccccc34)n2)cc1. The zero-order chi connectivity index (χ0) is 18.1. The zero-order valence-corrected chi connectivity index (χ0v) is 14.3. The molecular weight excluding hydrogens is 336 g/mol. The first-order valence-corrected chi connectivity index (χ1v) is 8.61. The lowest BCUT2D eigenvalue weighted by atomic mass is 10.2. The number of rotatable bonds is 3. The summed E-state index contributed by atoms with van der Waals surface area (Å²) in [5.74, 6) is 1.25. The third-order valence-corrected chi connectivity index (χ3v) is 4.32. The van der Waals surface area contributed by atoms with Gasteiger partial charge in [0, 0.05) is 21.1 Å². The number of hydrogen-bond acceptors (Lipinski definition) is 4. The van der Waals surface area contributed by atoms with Gasteiger partial charge in [-0.15, -0.1) is 0 Å². The first kappa shape index (κ1) is 15.3. The Morgan fingerprint density at radius 2 is 1.44 bits per heavy atom. The van der Waals surface area contributed by atoms with Crippen molar-refractivity contribution < 1.29 is 4.80 Å². The van der Waals surface area contributed by atoms with Crippen LogP contribution in [0.5, 0.6) is 0 Å². The largest absolute Gasteiger partial charge is 0.339 e. The Kier molecular flexibility index (Phi) is 3.65. The highest BCUT2D eigenvalue weighted by molar-refractivity contribution is 5.85. The highest BCUT2D eigenvalue weighted by Gasteiger charge is 2.24. The van der Waals surface area contributed by atoms with E-state index in [4.69, 9.17) is 10.2 Å². The van der Waals surface area contributed by atoms with E-state index < -0.39 is 0 Å². The van der Waals surface area contributed by atoms with Crippen molar-refractivity contribution in [3.63, 3.8) is 0 Å². The van der Waals surface area contributed by atoms with E-state index in [1.54, 1.807) is 15.8 Å². The molecule has 0 radical (unpaired) electrons. The molecule has 0 bridgehead atoms. The lowest BCUT2D eigenvalue weighted by Gasteiger charge is -2.01. The average molecular weight is 351 g/mol. The Morgan fingerprint density at radius 1 is 0.741 bits per heavy atom. The van der Waals surface area contributed by atoms with Crippen molar-refractivity contribution in [1.29, 1.82) is 0 Å². The Hall–Kier alpha value is -3.93. The van der Waals surface area contributed by atoms with Crippen LogP contribution in [0.2, 0.25) is 0 Å². The fourth-order valence-electron chi connectivity index (χ4n) is 3.01. The fraction of sp³-hybridized carbons (Fsp3) is 0. The molecule has 0 N–H and O–H groups in total. The molecule has 128 valence electrons. The summed E-state index contributed by atoms with van der Waals surface area (Å²) in [4.78, 5) is 3.45. The van der Waals surface area contributed by atoms with Gasteiger partial charge in [0.15, 0.2) is 0 Å². The predicted molar refractivity (Wildman–Crippen MR) is 101 cm³/mol. The summed E-state index contributed by atoms with van der Waals surface area (Å²) < 4.78 is 0. The van der Waals surface area contributed by atoms with Crippen LogP contribution in [-0.2, 0) is 0 Å². The van der Waals surface area contributed by atoms with Crippen molar-refractivity contribution in [3.8, 4) is 22.9 Å². The number of nitrogens with zero attached hydrogens (tertiary/aromatic N) is 6. The van der Waals surface area contributed by atoms with Crippen LogP contribution in [-0.4, -0.2) is 25.2 Å². The molecule has 0 unspecified atom stereocenters. The molecular formula is C21H15N6+. The standard InChI is InChI=1S/C21H15N6/c1-3-9-16(10-4-1)20-24-26(18-12-5-2-6-13-18)27(25-20)21-19-14-8-7-11-17(19)15-22-23-21/h1-15H/q+1. The summed E-state index contributed by atoms with van der Waals surface area (Å²) >= 11 is 0. The lowest BCUT2D eigenvalue weighted by Crippen LogP contribution is -2.44.